The molecule has 0 unspecified atom stereocenters. The highest BCUT2D eigenvalue weighted by Crippen LogP contribution is 2.32. The van der Waals surface area contributed by atoms with Crippen LogP contribution in [0.25, 0.3) is 15.5 Å². The molecule has 3 nitrogen and oxygen atoms in total. The maximum absolute atomic E-state index is 6.09. The number of nitrogen functional groups attached to an aromatic ring is 1. The van der Waals surface area contributed by atoms with Gasteiger partial charge >= 0.3 is 0 Å². The number of hydrogen-bond acceptors (Lipinski definition) is 4. The Bertz CT molecular complexity index is 604. The van der Waals surface area contributed by atoms with E-state index in [2.05, 4.69) is 10.4 Å². The summed E-state index contributed by atoms with van der Waals surface area (Å²) in [7, 11) is 0. The van der Waals surface area contributed by atoms with E-state index < -0.39 is 0 Å². The van der Waals surface area contributed by atoms with E-state index in [0.717, 1.165) is 27.0 Å². The van der Waals surface area contributed by atoms with Gasteiger partial charge in [-0.05, 0) is 18.4 Å². The third kappa shape index (κ3) is 1.20. The number of thiazole rings is 1. The van der Waals surface area contributed by atoms with E-state index in [1.54, 1.807) is 22.7 Å². The minimum atomic E-state index is 0.742. The molecular weight excluding hydrogens is 226 g/mol. The SMILES string of the molecule is Cc1csc2nc(-c3cccs3)c(N)n12. The molecule has 0 aliphatic carbocycles. The summed E-state index contributed by atoms with van der Waals surface area (Å²) in [6.45, 7) is 2.04. The van der Waals surface area contributed by atoms with Crippen molar-refractivity contribution in [1.82, 2.24) is 9.38 Å². The van der Waals surface area contributed by atoms with Gasteiger partial charge < -0.3 is 5.73 Å². The molecule has 0 aliphatic heterocycles. The van der Waals surface area contributed by atoms with Crippen LogP contribution in [-0.2, 0) is 0 Å². The van der Waals surface area contributed by atoms with Gasteiger partial charge in [-0.1, -0.05) is 6.07 Å². The van der Waals surface area contributed by atoms with E-state index in [9.17, 15) is 0 Å². The molecule has 0 amide bonds. The molecule has 0 aromatic carbocycles. The quantitative estimate of drug-likeness (QED) is 0.704. The molecule has 0 radical (unpaired) electrons. The maximum Gasteiger partial charge on any atom is 0.196 e. The molecule has 5 heteroatoms. The molecule has 3 aromatic rings. The number of aryl methyl sites for hydroxylation is 1. The Kier molecular flexibility index (Phi) is 1.83. The van der Waals surface area contributed by atoms with Crippen LogP contribution in [-0.4, -0.2) is 9.38 Å². The smallest absolute Gasteiger partial charge is 0.196 e. The van der Waals surface area contributed by atoms with E-state index >= 15 is 0 Å². The third-order valence-corrected chi connectivity index (χ3v) is 4.14. The molecule has 2 N–H and O–H groups in total. The summed E-state index contributed by atoms with van der Waals surface area (Å²) in [5, 5.41) is 4.10. The summed E-state index contributed by atoms with van der Waals surface area (Å²) < 4.78 is 2.00. The average Bonchev–Trinajstić information content (AvgIpc) is 2.86. The first-order chi connectivity index (χ1) is 7.27. The van der Waals surface area contributed by atoms with Crippen molar-refractivity contribution in [2.24, 2.45) is 0 Å². The standard InChI is InChI=1S/C10H9N3S2/c1-6-5-15-10-12-8(9(11)13(6)10)7-3-2-4-14-7/h2-5H,11H2,1H3. The van der Waals surface area contributed by atoms with E-state index in [1.807, 2.05) is 28.8 Å². The molecule has 0 fully saturated rings. The molecule has 0 bridgehead atoms. The van der Waals surface area contributed by atoms with Crippen molar-refractivity contribution in [2.75, 3.05) is 5.73 Å². The van der Waals surface area contributed by atoms with Crippen LogP contribution in [0.2, 0.25) is 0 Å². The molecule has 0 saturated carbocycles. The van der Waals surface area contributed by atoms with E-state index in [1.165, 1.54) is 0 Å². The topological polar surface area (TPSA) is 43.3 Å². The third-order valence-electron chi connectivity index (χ3n) is 2.32. The molecular formula is C10H9N3S2. The highest BCUT2D eigenvalue weighted by Gasteiger charge is 2.14. The van der Waals surface area contributed by atoms with Gasteiger partial charge in [0.2, 0.25) is 0 Å². The number of hydrogen-bond donors (Lipinski definition) is 1. The fourth-order valence-corrected chi connectivity index (χ4v) is 3.21. The molecule has 3 heterocycles. The van der Waals surface area contributed by atoms with Crippen LogP contribution in [0.3, 0.4) is 0 Å². The first-order valence-electron chi connectivity index (χ1n) is 4.53. The minimum Gasteiger partial charge on any atom is -0.383 e. The highest BCUT2D eigenvalue weighted by molar-refractivity contribution is 7.15. The summed E-state index contributed by atoms with van der Waals surface area (Å²) in [6.07, 6.45) is 0. The van der Waals surface area contributed by atoms with Gasteiger partial charge in [0.05, 0.1) is 4.88 Å². The fourth-order valence-electron chi connectivity index (χ4n) is 1.62. The molecule has 0 saturated heterocycles. The van der Waals surface area contributed by atoms with Crippen molar-refractivity contribution in [3.8, 4) is 10.6 Å². The van der Waals surface area contributed by atoms with Crippen molar-refractivity contribution in [1.29, 1.82) is 0 Å². The molecule has 76 valence electrons. The van der Waals surface area contributed by atoms with Gasteiger partial charge in [-0.15, -0.1) is 22.7 Å². The molecule has 3 aromatic heterocycles. The van der Waals surface area contributed by atoms with Crippen LogP contribution in [0.5, 0.6) is 0 Å². The zero-order valence-corrected chi connectivity index (χ0v) is 9.73. The predicted molar refractivity (Wildman–Crippen MR) is 65.5 cm³/mol. The van der Waals surface area contributed by atoms with E-state index in [-0.39, 0.29) is 0 Å². The Morgan fingerprint density at radius 3 is 2.93 bits per heavy atom. The van der Waals surface area contributed by atoms with Gasteiger partial charge in [0, 0.05) is 11.1 Å². The van der Waals surface area contributed by atoms with Gasteiger partial charge in [-0.25, -0.2) is 4.98 Å². The summed E-state index contributed by atoms with van der Waals surface area (Å²) in [5.41, 5.74) is 8.13. The summed E-state index contributed by atoms with van der Waals surface area (Å²) in [5.74, 6) is 0.742. The normalized spacial score (nSPS) is 11.3. The average molecular weight is 235 g/mol. The van der Waals surface area contributed by atoms with Crippen molar-refractivity contribution < 1.29 is 0 Å². The van der Waals surface area contributed by atoms with Crippen LogP contribution >= 0.6 is 22.7 Å². The number of anilines is 1. The zero-order valence-electron chi connectivity index (χ0n) is 8.10. The molecule has 0 spiro atoms. The fraction of sp³-hybridized carbons (Fsp3) is 0.100. The van der Waals surface area contributed by atoms with Crippen LogP contribution in [0.4, 0.5) is 5.82 Å². The summed E-state index contributed by atoms with van der Waals surface area (Å²) in [4.78, 5) is 6.64. The summed E-state index contributed by atoms with van der Waals surface area (Å²) >= 11 is 3.29. The van der Waals surface area contributed by atoms with E-state index in [4.69, 9.17) is 5.73 Å². The van der Waals surface area contributed by atoms with Crippen molar-refractivity contribution >= 4 is 33.5 Å². The Labute approximate surface area is 94.8 Å². The van der Waals surface area contributed by atoms with Crippen molar-refractivity contribution in [3.05, 3.63) is 28.6 Å². The Morgan fingerprint density at radius 2 is 2.27 bits per heavy atom. The van der Waals surface area contributed by atoms with Gasteiger partial charge in [-0.3, -0.25) is 4.40 Å². The molecule has 0 atom stereocenters. The molecule has 0 aliphatic rings. The number of aromatic nitrogens is 2. The second-order valence-corrected chi connectivity index (χ2v) is 5.10. The number of thiophene rings is 1. The van der Waals surface area contributed by atoms with Crippen LogP contribution in [0.15, 0.2) is 22.9 Å². The second kappa shape index (κ2) is 3.08. The van der Waals surface area contributed by atoms with Gasteiger partial charge in [0.1, 0.15) is 11.5 Å². The number of nitrogens with two attached hydrogens (primary N) is 1. The second-order valence-electron chi connectivity index (χ2n) is 3.32. The summed E-state index contributed by atoms with van der Waals surface area (Å²) in [6, 6.07) is 4.06. The predicted octanol–water partition coefficient (Wildman–Crippen LogP) is 3.01. The first kappa shape index (κ1) is 8.94. The molecule has 3 rings (SSSR count). The lowest BCUT2D eigenvalue weighted by Crippen LogP contribution is -1.93. The Morgan fingerprint density at radius 1 is 1.40 bits per heavy atom. The van der Waals surface area contributed by atoms with Crippen molar-refractivity contribution in [3.63, 3.8) is 0 Å². The van der Waals surface area contributed by atoms with E-state index in [0.29, 0.717) is 0 Å². The van der Waals surface area contributed by atoms with Crippen LogP contribution < -0.4 is 5.73 Å². The number of fused-ring (bicyclic) bond motifs is 1. The number of rotatable bonds is 1. The van der Waals surface area contributed by atoms with Crippen LogP contribution in [0.1, 0.15) is 5.69 Å². The number of nitrogens with zero attached hydrogens (tertiary/aromatic N) is 2. The highest BCUT2D eigenvalue weighted by atomic mass is 32.1. The van der Waals surface area contributed by atoms with Crippen molar-refractivity contribution in [2.45, 2.75) is 6.92 Å². The lowest BCUT2D eigenvalue weighted by molar-refractivity contribution is 1.14. The molecule has 15 heavy (non-hydrogen) atoms. The Hall–Kier alpha value is -1.33. The first-order valence-corrected chi connectivity index (χ1v) is 6.29. The minimum absolute atomic E-state index is 0.742. The van der Waals surface area contributed by atoms with Gasteiger partial charge in [-0.2, -0.15) is 0 Å². The monoisotopic (exact) mass is 235 g/mol. The number of imidazole rings is 1. The van der Waals surface area contributed by atoms with Gasteiger partial charge in [0.25, 0.3) is 0 Å². The zero-order chi connectivity index (χ0) is 10.4. The lowest BCUT2D eigenvalue weighted by atomic mass is 10.3. The van der Waals surface area contributed by atoms with Gasteiger partial charge in [0.15, 0.2) is 4.96 Å². The lowest BCUT2D eigenvalue weighted by Gasteiger charge is -1.95. The Balaban J connectivity index is 2.33. The largest absolute Gasteiger partial charge is 0.383 e. The van der Waals surface area contributed by atoms with Crippen LogP contribution in [0, 0.1) is 6.92 Å². The maximum atomic E-state index is 6.09.